The SMILES string of the molecule is CN(C)CCCc1ccc([N+](=O)[O-])o1. The third-order valence-corrected chi connectivity index (χ3v) is 1.86. The zero-order chi connectivity index (χ0) is 10.6. The van der Waals surface area contributed by atoms with Crippen LogP contribution in [0.3, 0.4) is 0 Å². The van der Waals surface area contributed by atoms with Crippen LogP contribution in [0, 0.1) is 10.1 Å². The summed E-state index contributed by atoms with van der Waals surface area (Å²) in [7, 11) is 3.98. The van der Waals surface area contributed by atoms with Gasteiger partial charge in [0.25, 0.3) is 0 Å². The third-order valence-electron chi connectivity index (χ3n) is 1.86. The van der Waals surface area contributed by atoms with Gasteiger partial charge in [0, 0.05) is 6.42 Å². The topological polar surface area (TPSA) is 59.5 Å². The smallest absolute Gasteiger partial charge is 0.406 e. The Bertz CT molecular complexity index is 307. The Kier molecular flexibility index (Phi) is 3.64. The van der Waals surface area contributed by atoms with Crippen molar-refractivity contribution in [3.63, 3.8) is 0 Å². The highest BCUT2D eigenvalue weighted by Crippen LogP contribution is 2.16. The van der Waals surface area contributed by atoms with Gasteiger partial charge in [-0.25, -0.2) is 0 Å². The summed E-state index contributed by atoms with van der Waals surface area (Å²) in [5.74, 6) is 0.503. The Balaban J connectivity index is 2.40. The largest absolute Gasteiger partial charge is 0.433 e. The molecule has 0 bridgehead atoms. The second-order valence-electron chi connectivity index (χ2n) is 3.40. The summed E-state index contributed by atoms with van der Waals surface area (Å²) in [6.07, 6.45) is 1.68. The minimum atomic E-state index is -0.518. The molecule has 0 aromatic carbocycles. The molecule has 0 aliphatic rings. The Hall–Kier alpha value is -1.36. The lowest BCUT2D eigenvalue weighted by atomic mass is 10.2. The van der Waals surface area contributed by atoms with Gasteiger partial charge < -0.3 is 9.32 Å². The van der Waals surface area contributed by atoms with Gasteiger partial charge in [-0.3, -0.25) is 10.1 Å². The monoisotopic (exact) mass is 198 g/mol. The Morgan fingerprint density at radius 1 is 1.50 bits per heavy atom. The molecule has 0 aliphatic heterocycles. The molecule has 0 N–H and O–H groups in total. The van der Waals surface area contributed by atoms with Crippen molar-refractivity contribution >= 4 is 5.88 Å². The first-order valence-corrected chi connectivity index (χ1v) is 4.47. The molecular weight excluding hydrogens is 184 g/mol. The van der Waals surface area contributed by atoms with E-state index in [1.807, 2.05) is 14.1 Å². The molecule has 78 valence electrons. The fourth-order valence-corrected chi connectivity index (χ4v) is 1.17. The lowest BCUT2D eigenvalue weighted by molar-refractivity contribution is -0.402. The van der Waals surface area contributed by atoms with Crippen LogP contribution in [-0.2, 0) is 6.42 Å². The summed E-state index contributed by atoms with van der Waals surface area (Å²) in [6.45, 7) is 0.953. The van der Waals surface area contributed by atoms with E-state index < -0.39 is 4.92 Å². The van der Waals surface area contributed by atoms with Crippen molar-refractivity contribution in [1.29, 1.82) is 0 Å². The molecule has 0 aliphatic carbocycles. The van der Waals surface area contributed by atoms with E-state index in [0.717, 1.165) is 19.4 Å². The van der Waals surface area contributed by atoms with Crippen LogP contribution in [0.2, 0.25) is 0 Å². The highest BCUT2D eigenvalue weighted by Gasteiger charge is 2.11. The standard InChI is InChI=1S/C9H14N2O3/c1-10(2)7-3-4-8-5-6-9(14-8)11(12)13/h5-6H,3-4,7H2,1-2H3. The molecule has 5 nitrogen and oxygen atoms in total. The van der Waals surface area contributed by atoms with E-state index in [1.54, 1.807) is 6.07 Å². The van der Waals surface area contributed by atoms with Crippen molar-refractivity contribution in [3.05, 3.63) is 28.0 Å². The molecule has 0 spiro atoms. The maximum Gasteiger partial charge on any atom is 0.433 e. The number of nitro groups is 1. The maximum atomic E-state index is 10.3. The fourth-order valence-electron chi connectivity index (χ4n) is 1.17. The second kappa shape index (κ2) is 4.76. The summed E-state index contributed by atoms with van der Waals surface area (Å²) >= 11 is 0. The number of aryl methyl sites for hydroxylation is 1. The summed E-state index contributed by atoms with van der Waals surface area (Å²) in [5, 5.41) is 10.3. The molecule has 14 heavy (non-hydrogen) atoms. The Morgan fingerprint density at radius 2 is 2.21 bits per heavy atom. The van der Waals surface area contributed by atoms with E-state index in [0.29, 0.717) is 5.76 Å². The molecule has 0 radical (unpaired) electrons. The van der Waals surface area contributed by atoms with E-state index >= 15 is 0 Å². The average molecular weight is 198 g/mol. The number of hydrogen-bond acceptors (Lipinski definition) is 4. The predicted octanol–water partition coefficient (Wildman–Crippen LogP) is 1.68. The lowest BCUT2D eigenvalue weighted by Gasteiger charge is -2.06. The van der Waals surface area contributed by atoms with Crippen LogP contribution < -0.4 is 0 Å². The van der Waals surface area contributed by atoms with Gasteiger partial charge in [-0.2, -0.15) is 0 Å². The van der Waals surface area contributed by atoms with Gasteiger partial charge in [0.05, 0.1) is 6.07 Å². The summed E-state index contributed by atoms with van der Waals surface area (Å²) in [5.41, 5.74) is 0. The average Bonchev–Trinajstić information content (AvgIpc) is 2.52. The van der Waals surface area contributed by atoms with E-state index in [2.05, 4.69) is 4.90 Å². The zero-order valence-electron chi connectivity index (χ0n) is 8.40. The van der Waals surface area contributed by atoms with Gasteiger partial charge in [0.2, 0.25) is 0 Å². The quantitative estimate of drug-likeness (QED) is 0.533. The van der Waals surface area contributed by atoms with Crippen LogP contribution in [-0.4, -0.2) is 30.5 Å². The molecule has 1 aromatic heterocycles. The minimum absolute atomic E-state index is 0.176. The number of nitrogens with zero attached hydrogens (tertiary/aromatic N) is 2. The molecule has 0 fully saturated rings. The molecule has 0 atom stereocenters. The predicted molar refractivity (Wildman–Crippen MR) is 52.2 cm³/mol. The van der Waals surface area contributed by atoms with Crippen LogP contribution >= 0.6 is 0 Å². The van der Waals surface area contributed by atoms with Gasteiger partial charge in [-0.1, -0.05) is 0 Å². The van der Waals surface area contributed by atoms with Crippen LogP contribution in [0.1, 0.15) is 12.2 Å². The molecule has 5 heteroatoms. The first kappa shape index (κ1) is 10.7. The van der Waals surface area contributed by atoms with Gasteiger partial charge >= 0.3 is 5.88 Å². The van der Waals surface area contributed by atoms with Crippen molar-refractivity contribution < 1.29 is 9.34 Å². The first-order valence-electron chi connectivity index (χ1n) is 4.47. The minimum Gasteiger partial charge on any atom is -0.406 e. The maximum absolute atomic E-state index is 10.3. The fraction of sp³-hybridized carbons (Fsp3) is 0.556. The Labute approximate surface area is 82.5 Å². The first-order chi connectivity index (χ1) is 6.59. The highest BCUT2D eigenvalue weighted by molar-refractivity contribution is 5.17. The molecule has 0 saturated heterocycles. The summed E-state index contributed by atoms with van der Waals surface area (Å²) in [6, 6.07) is 3.05. The van der Waals surface area contributed by atoms with Crippen molar-refractivity contribution in [1.82, 2.24) is 4.90 Å². The van der Waals surface area contributed by atoms with Gasteiger partial charge in [0.15, 0.2) is 0 Å². The van der Waals surface area contributed by atoms with Gasteiger partial charge in [0.1, 0.15) is 10.7 Å². The van der Waals surface area contributed by atoms with Crippen LogP contribution in [0.4, 0.5) is 5.88 Å². The molecule has 0 amide bonds. The van der Waals surface area contributed by atoms with Gasteiger partial charge in [-0.05, 0) is 33.1 Å². The summed E-state index contributed by atoms with van der Waals surface area (Å²) in [4.78, 5) is 11.8. The van der Waals surface area contributed by atoms with Crippen molar-refractivity contribution in [2.75, 3.05) is 20.6 Å². The highest BCUT2D eigenvalue weighted by atomic mass is 16.6. The normalized spacial score (nSPS) is 10.8. The van der Waals surface area contributed by atoms with E-state index in [1.165, 1.54) is 6.07 Å². The van der Waals surface area contributed by atoms with Gasteiger partial charge in [-0.15, -0.1) is 0 Å². The van der Waals surface area contributed by atoms with Crippen LogP contribution in [0.25, 0.3) is 0 Å². The second-order valence-corrected chi connectivity index (χ2v) is 3.40. The van der Waals surface area contributed by atoms with Crippen molar-refractivity contribution in [3.8, 4) is 0 Å². The third kappa shape index (κ3) is 3.18. The van der Waals surface area contributed by atoms with Crippen LogP contribution in [0.15, 0.2) is 16.5 Å². The van der Waals surface area contributed by atoms with E-state index in [9.17, 15) is 10.1 Å². The number of rotatable bonds is 5. The number of hydrogen-bond donors (Lipinski definition) is 0. The number of furan rings is 1. The van der Waals surface area contributed by atoms with E-state index in [-0.39, 0.29) is 5.88 Å². The van der Waals surface area contributed by atoms with Crippen molar-refractivity contribution in [2.45, 2.75) is 12.8 Å². The molecule has 1 heterocycles. The molecule has 1 rings (SSSR count). The molecule has 0 unspecified atom stereocenters. The van der Waals surface area contributed by atoms with Crippen molar-refractivity contribution in [2.24, 2.45) is 0 Å². The molecular formula is C9H14N2O3. The zero-order valence-corrected chi connectivity index (χ0v) is 8.40. The van der Waals surface area contributed by atoms with E-state index in [4.69, 9.17) is 4.42 Å². The van der Waals surface area contributed by atoms with Crippen LogP contribution in [0.5, 0.6) is 0 Å². The lowest BCUT2D eigenvalue weighted by Crippen LogP contribution is -2.13. The summed E-state index contributed by atoms with van der Waals surface area (Å²) < 4.78 is 5.01. The molecule has 0 saturated carbocycles. The molecule has 1 aromatic rings. The Morgan fingerprint density at radius 3 is 2.71 bits per heavy atom.